The monoisotopic (exact) mass is 566 g/mol. The van der Waals surface area contributed by atoms with Gasteiger partial charge in [-0.1, -0.05) is 31.0 Å². The summed E-state index contributed by atoms with van der Waals surface area (Å²) in [5.74, 6) is 3.53. The van der Waals surface area contributed by atoms with E-state index < -0.39 is 0 Å². The van der Waals surface area contributed by atoms with E-state index in [1.54, 1.807) is 0 Å². The van der Waals surface area contributed by atoms with Crippen LogP contribution in [0.3, 0.4) is 0 Å². The second-order valence-electron chi connectivity index (χ2n) is 9.33. The number of benzene rings is 1. The zero-order chi connectivity index (χ0) is 22.0. The number of para-hydroxylation sites is 1. The van der Waals surface area contributed by atoms with Crippen molar-refractivity contribution in [2.24, 2.45) is 12.0 Å². The van der Waals surface area contributed by atoms with Gasteiger partial charge in [0, 0.05) is 31.7 Å². The lowest BCUT2D eigenvalue weighted by Gasteiger charge is -2.39. The summed E-state index contributed by atoms with van der Waals surface area (Å²) in [5.41, 5.74) is 1.24. The third-order valence-electron chi connectivity index (χ3n) is 7.18. The molecule has 1 saturated carbocycles. The van der Waals surface area contributed by atoms with Crippen molar-refractivity contribution < 1.29 is 9.47 Å². The second kappa shape index (κ2) is 10.6. The molecule has 0 bridgehead atoms. The van der Waals surface area contributed by atoms with Crippen LogP contribution in [-0.2, 0) is 18.3 Å². The van der Waals surface area contributed by atoms with Crippen LogP contribution < -0.4 is 15.4 Å². The van der Waals surface area contributed by atoms with Crippen molar-refractivity contribution in [2.75, 3.05) is 13.2 Å². The Morgan fingerprint density at radius 2 is 1.97 bits per heavy atom. The average Bonchev–Trinajstić information content (AvgIpc) is 3.38. The molecule has 2 aliphatic heterocycles. The van der Waals surface area contributed by atoms with Crippen LogP contribution in [0, 0.1) is 6.92 Å². The van der Waals surface area contributed by atoms with E-state index in [1.807, 2.05) is 30.7 Å². The number of aliphatic imine (C=N–C) groups is 1. The van der Waals surface area contributed by atoms with Crippen LogP contribution in [0.5, 0.6) is 5.75 Å². The van der Waals surface area contributed by atoms with E-state index in [0.717, 1.165) is 49.2 Å². The molecular weight excluding hydrogens is 531 g/mol. The minimum Gasteiger partial charge on any atom is -0.493 e. The minimum absolute atomic E-state index is 0. The maximum absolute atomic E-state index is 6.24. The van der Waals surface area contributed by atoms with Gasteiger partial charge < -0.3 is 24.7 Å². The maximum Gasteiger partial charge on any atom is 0.192 e. The summed E-state index contributed by atoms with van der Waals surface area (Å²) < 4.78 is 14.1. The predicted molar refractivity (Wildman–Crippen MR) is 138 cm³/mol. The molecule has 33 heavy (non-hydrogen) atoms. The molecule has 2 unspecified atom stereocenters. The van der Waals surface area contributed by atoms with Crippen molar-refractivity contribution in [2.45, 2.75) is 76.1 Å². The molecule has 8 nitrogen and oxygen atoms in total. The topological polar surface area (TPSA) is 85.6 Å². The lowest BCUT2D eigenvalue weighted by Crippen LogP contribution is -2.51. The van der Waals surface area contributed by atoms with Gasteiger partial charge in [0.05, 0.1) is 18.2 Å². The maximum atomic E-state index is 6.24. The normalized spacial score (nSPS) is 24.0. The van der Waals surface area contributed by atoms with E-state index in [0.29, 0.717) is 19.2 Å². The van der Waals surface area contributed by atoms with Gasteiger partial charge in [0.1, 0.15) is 18.1 Å². The minimum atomic E-state index is 0. The van der Waals surface area contributed by atoms with Crippen LogP contribution in [0.2, 0.25) is 0 Å². The number of aryl methyl sites for hydroxylation is 1. The first-order valence-electron chi connectivity index (χ1n) is 11.9. The van der Waals surface area contributed by atoms with Crippen LogP contribution in [0.1, 0.15) is 68.2 Å². The highest BCUT2D eigenvalue weighted by molar-refractivity contribution is 14.0. The summed E-state index contributed by atoms with van der Waals surface area (Å²) >= 11 is 0. The molecule has 3 heterocycles. The van der Waals surface area contributed by atoms with E-state index in [4.69, 9.17) is 14.5 Å². The quantitative estimate of drug-likeness (QED) is 0.333. The van der Waals surface area contributed by atoms with Gasteiger partial charge in [0.2, 0.25) is 0 Å². The first-order chi connectivity index (χ1) is 15.6. The van der Waals surface area contributed by atoms with E-state index in [9.17, 15) is 0 Å². The summed E-state index contributed by atoms with van der Waals surface area (Å²) in [7, 11) is 1.98. The Balaban J connectivity index is 0.00000259. The lowest BCUT2D eigenvalue weighted by molar-refractivity contribution is -0.0815. The number of nitrogens with one attached hydrogen (secondary N) is 2. The molecular formula is C24H35IN6O2. The largest absolute Gasteiger partial charge is 0.493 e. The third-order valence-corrected chi connectivity index (χ3v) is 7.18. The highest BCUT2D eigenvalue weighted by Gasteiger charge is 2.40. The van der Waals surface area contributed by atoms with Crippen molar-refractivity contribution in [3.05, 3.63) is 41.5 Å². The lowest BCUT2D eigenvalue weighted by atomic mass is 9.89. The molecule has 0 amide bonds. The van der Waals surface area contributed by atoms with Gasteiger partial charge in [-0.15, -0.1) is 34.2 Å². The number of guanidine groups is 1. The van der Waals surface area contributed by atoms with Crippen molar-refractivity contribution >= 4 is 29.9 Å². The SMILES string of the molecule is Cc1nnc(CN=C(NC2CCOC3(CCCC3)C2)NC2CCOc3ccccc32)n1C.I. The van der Waals surface area contributed by atoms with Gasteiger partial charge >= 0.3 is 0 Å². The summed E-state index contributed by atoms with van der Waals surface area (Å²) in [6.07, 6.45) is 7.84. The van der Waals surface area contributed by atoms with Gasteiger partial charge in [-0.3, -0.25) is 0 Å². The highest BCUT2D eigenvalue weighted by atomic mass is 127. The fourth-order valence-electron chi connectivity index (χ4n) is 5.24. The number of rotatable bonds is 4. The molecule has 2 atom stereocenters. The molecule has 1 aliphatic carbocycles. The summed E-state index contributed by atoms with van der Waals surface area (Å²) in [5, 5.41) is 15.9. The van der Waals surface area contributed by atoms with Crippen LogP contribution in [0.25, 0.3) is 0 Å². The smallest absolute Gasteiger partial charge is 0.192 e. The van der Waals surface area contributed by atoms with Crippen LogP contribution in [-0.4, -0.2) is 45.6 Å². The third kappa shape index (κ3) is 5.45. The average molecular weight is 566 g/mol. The van der Waals surface area contributed by atoms with Crippen LogP contribution >= 0.6 is 24.0 Å². The van der Waals surface area contributed by atoms with Gasteiger partial charge in [-0.2, -0.15) is 0 Å². The van der Waals surface area contributed by atoms with Gasteiger partial charge in [-0.05, 0) is 38.7 Å². The predicted octanol–water partition coefficient (Wildman–Crippen LogP) is 3.79. The number of fused-ring (bicyclic) bond motifs is 1. The van der Waals surface area contributed by atoms with E-state index >= 15 is 0 Å². The molecule has 5 rings (SSSR count). The fraction of sp³-hybridized carbons (Fsp3) is 0.625. The fourth-order valence-corrected chi connectivity index (χ4v) is 5.24. The number of aromatic nitrogens is 3. The van der Waals surface area contributed by atoms with Crippen molar-refractivity contribution in [1.82, 2.24) is 25.4 Å². The zero-order valence-electron chi connectivity index (χ0n) is 19.5. The Kier molecular flexibility index (Phi) is 7.78. The van der Waals surface area contributed by atoms with Crippen LogP contribution in [0.15, 0.2) is 29.3 Å². The molecule has 3 aliphatic rings. The van der Waals surface area contributed by atoms with Gasteiger partial charge in [-0.25, -0.2) is 4.99 Å². The molecule has 2 N–H and O–H groups in total. The number of nitrogens with zero attached hydrogens (tertiary/aromatic N) is 4. The molecule has 2 fully saturated rings. The first kappa shape index (κ1) is 24.3. The molecule has 1 saturated heterocycles. The number of hydrogen-bond donors (Lipinski definition) is 2. The van der Waals surface area contributed by atoms with Crippen molar-refractivity contribution in [1.29, 1.82) is 0 Å². The highest BCUT2D eigenvalue weighted by Crippen LogP contribution is 2.40. The molecule has 9 heteroatoms. The molecule has 1 aromatic carbocycles. The van der Waals surface area contributed by atoms with Crippen molar-refractivity contribution in [3.63, 3.8) is 0 Å². The molecule has 1 aromatic heterocycles. The number of halogens is 1. The molecule has 180 valence electrons. The summed E-state index contributed by atoms with van der Waals surface area (Å²) in [6, 6.07) is 8.78. The van der Waals surface area contributed by atoms with E-state index in [-0.39, 0.29) is 35.6 Å². The standard InChI is InChI=1S/C24H34N6O2.HI/c1-17-28-29-22(30(17)2)16-25-23(26-18-9-14-32-24(15-18)11-5-6-12-24)27-20-10-13-31-21-8-4-3-7-19(20)21;/h3-4,7-8,18,20H,5-6,9-16H2,1-2H3,(H2,25,26,27);1H. The molecule has 0 radical (unpaired) electrons. The van der Waals surface area contributed by atoms with Crippen molar-refractivity contribution in [3.8, 4) is 5.75 Å². The summed E-state index contributed by atoms with van der Waals surface area (Å²) in [4.78, 5) is 4.93. The Hall–Kier alpha value is -1.88. The molecule has 1 spiro atoms. The Bertz CT molecular complexity index is 972. The number of hydrogen-bond acceptors (Lipinski definition) is 5. The molecule has 2 aromatic rings. The van der Waals surface area contributed by atoms with Gasteiger partial charge in [0.25, 0.3) is 0 Å². The Morgan fingerprint density at radius 1 is 1.15 bits per heavy atom. The zero-order valence-corrected chi connectivity index (χ0v) is 21.9. The van der Waals surface area contributed by atoms with Crippen LogP contribution in [0.4, 0.5) is 0 Å². The second-order valence-corrected chi connectivity index (χ2v) is 9.33. The first-order valence-corrected chi connectivity index (χ1v) is 11.9. The van der Waals surface area contributed by atoms with Gasteiger partial charge in [0.15, 0.2) is 11.8 Å². The van der Waals surface area contributed by atoms with E-state index in [1.165, 1.54) is 31.2 Å². The summed E-state index contributed by atoms with van der Waals surface area (Å²) in [6.45, 7) is 3.95. The van der Waals surface area contributed by atoms with E-state index in [2.05, 4.69) is 33.0 Å². The Morgan fingerprint density at radius 3 is 2.76 bits per heavy atom. The Labute approximate surface area is 213 Å². The number of ether oxygens (including phenoxy) is 2.